The molecule has 1 aliphatic heterocycles. The second-order valence-electron chi connectivity index (χ2n) is 3.30. The summed E-state index contributed by atoms with van der Waals surface area (Å²) in [6.45, 7) is 3.94. The standard InChI is InChI=1S/C8H16N4OS2/c1-6(2)11(3)8(13)10-12-9-5-7(14-4)15-12/h5-6,9H,1-4H3,(H,10,13). The van der Waals surface area contributed by atoms with E-state index in [-0.39, 0.29) is 12.1 Å². The molecule has 5 nitrogen and oxygen atoms in total. The largest absolute Gasteiger partial charge is 0.334 e. The number of amides is 2. The molecule has 1 heterocycles. The number of carbonyl (C=O) groups is 1. The highest BCUT2D eigenvalue weighted by molar-refractivity contribution is 8.21. The van der Waals surface area contributed by atoms with Crippen molar-refractivity contribution in [3.63, 3.8) is 0 Å². The van der Waals surface area contributed by atoms with Crippen LogP contribution in [0.4, 0.5) is 4.79 Å². The molecule has 0 radical (unpaired) electrons. The first-order chi connectivity index (χ1) is 7.04. The van der Waals surface area contributed by atoms with E-state index in [1.807, 2.05) is 26.3 Å². The molecule has 0 aliphatic carbocycles. The molecule has 1 aliphatic rings. The fourth-order valence-electron chi connectivity index (χ4n) is 0.806. The fraction of sp³-hybridized carbons (Fsp3) is 0.625. The molecule has 0 unspecified atom stereocenters. The molecule has 7 heteroatoms. The molecule has 0 fully saturated rings. The molecule has 0 saturated carbocycles. The van der Waals surface area contributed by atoms with E-state index in [9.17, 15) is 4.79 Å². The van der Waals surface area contributed by atoms with E-state index in [1.165, 1.54) is 11.9 Å². The average molecular weight is 248 g/mol. The molecule has 0 bridgehead atoms. The number of nitrogens with one attached hydrogen (secondary N) is 2. The second-order valence-corrected chi connectivity index (χ2v) is 5.40. The van der Waals surface area contributed by atoms with Crippen molar-refractivity contribution in [2.75, 3.05) is 13.3 Å². The Kier molecular flexibility index (Phi) is 4.62. The van der Waals surface area contributed by atoms with Crippen LogP contribution in [-0.4, -0.2) is 34.8 Å². The zero-order chi connectivity index (χ0) is 11.4. The van der Waals surface area contributed by atoms with Gasteiger partial charge in [-0.2, -0.15) is 0 Å². The Bertz CT molecular complexity index is 269. The van der Waals surface area contributed by atoms with Gasteiger partial charge < -0.3 is 4.90 Å². The van der Waals surface area contributed by atoms with Gasteiger partial charge in [-0.25, -0.2) is 10.2 Å². The maximum Gasteiger partial charge on any atom is 0.334 e. The SMILES string of the molecule is CSC1=CNN(NC(=O)N(C)C(C)C)S1. The molecule has 1 rings (SSSR count). The molecule has 0 saturated heterocycles. The lowest BCUT2D eigenvalue weighted by molar-refractivity contribution is 0.174. The van der Waals surface area contributed by atoms with Crippen LogP contribution >= 0.6 is 23.7 Å². The van der Waals surface area contributed by atoms with E-state index in [4.69, 9.17) is 0 Å². The van der Waals surface area contributed by atoms with Crippen LogP contribution in [-0.2, 0) is 0 Å². The predicted molar refractivity (Wildman–Crippen MR) is 65.6 cm³/mol. The quantitative estimate of drug-likeness (QED) is 0.743. The molecule has 0 atom stereocenters. The molecule has 15 heavy (non-hydrogen) atoms. The number of hydrogen-bond acceptors (Lipinski definition) is 5. The highest BCUT2D eigenvalue weighted by Crippen LogP contribution is 2.30. The van der Waals surface area contributed by atoms with Gasteiger partial charge in [0, 0.05) is 31.2 Å². The van der Waals surface area contributed by atoms with Gasteiger partial charge in [-0.3, -0.25) is 5.43 Å². The van der Waals surface area contributed by atoms with Gasteiger partial charge >= 0.3 is 6.03 Å². The highest BCUT2D eigenvalue weighted by Gasteiger charge is 2.19. The summed E-state index contributed by atoms with van der Waals surface area (Å²) >= 11 is 3.09. The number of urea groups is 1. The Labute approximate surface area is 98.7 Å². The van der Waals surface area contributed by atoms with Gasteiger partial charge in [-0.15, -0.1) is 11.8 Å². The van der Waals surface area contributed by atoms with E-state index in [0.29, 0.717) is 0 Å². The summed E-state index contributed by atoms with van der Waals surface area (Å²) in [5.74, 6) is 0. The zero-order valence-corrected chi connectivity index (χ0v) is 10.9. The van der Waals surface area contributed by atoms with Crippen molar-refractivity contribution in [1.29, 1.82) is 0 Å². The summed E-state index contributed by atoms with van der Waals surface area (Å²) in [6.07, 6.45) is 3.84. The zero-order valence-electron chi connectivity index (χ0n) is 9.27. The smallest absolute Gasteiger partial charge is 0.324 e. The van der Waals surface area contributed by atoms with Crippen molar-refractivity contribution in [1.82, 2.24) is 20.3 Å². The summed E-state index contributed by atoms with van der Waals surface area (Å²) in [7, 11) is 1.77. The van der Waals surface area contributed by atoms with E-state index in [2.05, 4.69) is 10.9 Å². The lowest BCUT2D eigenvalue weighted by atomic mass is 10.4. The lowest BCUT2D eigenvalue weighted by Gasteiger charge is -2.24. The molecule has 2 amide bonds. The monoisotopic (exact) mass is 248 g/mol. The maximum absolute atomic E-state index is 11.6. The molecule has 0 aromatic heterocycles. The first-order valence-corrected chi connectivity index (χ1v) is 6.56. The van der Waals surface area contributed by atoms with Gasteiger partial charge in [0.1, 0.15) is 0 Å². The number of nitrogens with zero attached hydrogens (tertiary/aromatic N) is 2. The van der Waals surface area contributed by atoms with Gasteiger partial charge in [0.25, 0.3) is 0 Å². The Morgan fingerprint density at radius 3 is 2.87 bits per heavy atom. The van der Waals surface area contributed by atoms with Crippen molar-refractivity contribution >= 4 is 29.7 Å². The summed E-state index contributed by atoms with van der Waals surface area (Å²) in [5.41, 5.74) is 5.67. The third kappa shape index (κ3) is 3.51. The van der Waals surface area contributed by atoms with Crippen LogP contribution in [0.3, 0.4) is 0 Å². The Morgan fingerprint density at radius 2 is 2.40 bits per heavy atom. The number of rotatable bonds is 3. The van der Waals surface area contributed by atoms with Crippen LogP contribution in [0, 0.1) is 0 Å². The molecular formula is C8H16N4OS2. The third-order valence-electron chi connectivity index (χ3n) is 1.97. The minimum absolute atomic E-state index is 0.124. The number of carbonyl (C=O) groups excluding carboxylic acids is 1. The van der Waals surface area contributed by atoms with Crippen molar-refractivity contribution in [2.24, 2.45) is 0 Å². The van der Waals surface area contributed by atoms with Gasteiger partial charge in [0.2, 0.25) is 0 Å². The molecule has 0 aromatic rings. The molecular weight excluding hydrogens is 232 g/mol. The summed E-state index contributed by atoms with van der Waals surface area (Å²) in [6, 6.07) is 0.0614. The summed E-state index contributed by atoms with van der Waals surface area (Å²) < 4.78 is 2.70. The Morgan fingerprint density at radius 1 is 1.73 bits per heavy atom. The van der Waals surface area contributed by atoms with E-state index in [1.54, 1.807) is 28.2 Å². The van der Waals surface area contributed by atoms with Crippen molar-refractivity contribution in [3.05, 3.63) is 10.4 Å². The topological polar surface area (TPSA) is 47.6 Å². The normalized spacial score (nSPS) is 16.2. The molecule has 0 aromatic carbocycles. The maximum atomic E-state index is 11.6. The van der Waals surface area contributed by atoms with Crippen LogP contribution in [0.15, 0.2) is 10.4 Å². The third-order valence-corrected chi connectivity index (χ3v) is 3.90. The summed E-state index contributed by atoms with van der Waals surface area (Å²) in [4.78, 5) is 13.3. The molecule has 86 valence electrons. The Hall–Kier alpha value is -0.530. The van der Waals surface area contributed by atoms with Crippen LogP contribution < -0.4 is 10.9 Å². The Balaban J connectivity index is 2.35. The minimum Gasteiger partial charge on any atom is -0.324 e. The van der Waals surface area contributed by atoms with Crippen LogP contribution in [0.1, 0.15) is 13.8 Å². The van der Waals surface area contributed by atoms with Gasteiger partial charge in [0.05, 0.1) is 4.24 Å². The van der Waals surface area contributed by atoms with Crippen LogP contribution in [0.2, 0.25) is 0 Å². The van der Waals surface area contributed by atoms with Gasteiger partial charge in [-0.1, -0.05) is 4.52 Å². The second kappa shape index (κ2) is 5.53. The molecule has 2 N–H and O–H groups in total. The number of thioether (sulfide) groups is 1. The van der Waals surface area contributed by atoms with Crippen molar-refractivity contribution in [3.8, 4) is 0 Å². The average Bonchev–Trinajstić information content (AvgIpc) is 2.64. The molecule has 0 spiro atoms. The van der Waals surface area contributed by atoms with Crippen molar-refractivity contribution in [2.45, 2.75) is 19.9 Å². The van der Waals surface area contributed by atoms with Gasteiger partial charge in [-0.05, 0) is 20.1 Å². The van der Waals surface area contributed by atoms with Crippen LogP contribution in [0.25, 0.3) is 0 Å². The van der Waals surface area contributed by atoms with Gasteiger partial charge in [0.15, 0.2) is 0 Å². The van der Waals surface area contributed by atoms with E-state index in [0.717, 1.165) is 4.24 Å². The van der Waals surface area contributed by atoms with Crippen LogP contribution in [0.5, 0.6) is 0 Å². The highest BCUT2D eigenvalue weighted by atomic mass is 32.2. The van der Waals surface area contributed by atoms with Crippen molar-refractivity contribution < 1.29 is 4.79 Å². The summed E-state index contributed by atoms with van der Waals surface area (Å²) in [5, 5.41) is 0. The minimum atomic E-state index is -0.124. The predicted octanol–water partition coefficient (Wildman–Crippen LogP) is 1.58. The number of hydrazine groups is 2. The van der Waals surface area contributed by atoms with E-state index >= 15 is 0 Å². The number of hydrogen-bond donors (Lipinski definition) is 2. The first-order valence-electron chi connectivity index (χ1n) is 4.56. The van der Waals surface area contributed by atoms with E-state index < -0.39 is 0 Å². The lowest BCUT2D eigenvalue weighted by Crippen LogP contribution is -2.49. The fourth-order valence-corrected chi connectivity index (χ4v) is 2.01. The first kappa shape index (κ1) is 12.5.